The number of likely N-dealkylation sites (tertiary alicyclic amines) is 1. The summed E-state index contributed by atoms with van der Waals surface area (Å²) in [6, 6.07) is 9.33. The summed E-state index contributed by atoms with van der Waals surface area (Å²) in [6.45, 7) is 2.56. The van der Waals surface area contributed by atoms with Crippen LogP contribution in [-0.2, 0) is 12.7 Å². The standard InChI is InChI=1S/C20H22F3N5/c1-27(19-9-18(20(21,22)23)25-13-26-19)15-5-4-8-28(12-15)11-14-10-24-17-7-3-2-6-16(14)17/h2-3,6-7,9-10,13,15,24H,4-5,8,11-12H2,1H3. The summed E-state index contributed by atoms with van der Waals surface area (Å²) in [7, 11) is 1.81. The smallest absolute Gasteiger partial charge is 0.361 e. The summed E-state index contributed by atoms with van der Waals surface area (Å²) in [5.41, 5.74) is 1.44. The van der Waals surface area contributed by atoms with Gasteiger partial charge in [-0.05, 0) is 31.0 Å². The Bertz CT molecular complexity index is 952. The monoisotopic (exact) mass is 389 g/mol. The van der Waals surface area contributed by atoms with Crippen LogP contribution in [0.5, 0.6) is 0 Å². The van der Waals surface area contributed by atoms with E-state index in [2.05, 4.69) is 32.0 Å². The molecule has 1 aromatic carbocycles. The average molecular weight is 389 g/mol. The summed E-state index contributed by atoms with van der Waals surface area (Å²) in [5.74, 6) is 0.307. The van der Waals surface area contributed by atoms with Crippen LogP contribution in [0.1, 0.15) is 24.1 Å². The van der Waals surface area contributed by atoms with Crippen molar-refractivity contribution in [2.24, 2.45) is 0 Å². The summed E-state index contributed by atoms with van der Waals surface area (Å²) in [5, 5.41) is 1.21. The molecule has 2 aromatic heterocycles. The number of anilines is 1. The molecule has 0 radical (unpaired) electrons. The SMILES string of the molecule is CN(c1cc(C(F)(F)F)ncn1)C1CCCN(Cc2c[nH]c3ccccc23)C1. The van der Waals surface area contributed by atoms with Crippen molar-refractivity contribution in [2.45, 2.75) is 31.6 Å². The molecular formula is C20H22F3N5. The molecule has 0 bridgehead atoms. The molecule has 28 heavy (non-hydrogen) atoms. The quantitative estimate of drug-likeness (QED) is 0.731. The van der Waals surface area contributed by atoms with Crippen LogP contribution in [-0.4, -0.2) is 46.0 Å². The van der Waals surface area contributed by atoms with Crippen LogP contribution in [0.25, 0.3) is 10.9 Å². The Morgan fingerprint density at radius 3 is 2.89 bits per heavy atom. The lowest BCUT2D eigenvalue weighted by molar-refractivity contribution is -0.141. The number of hydrogen-bond acceptors (Lipinski definition) is 4. The maximum Gasteiger partial charge on any atom is 0.433 e. The van der Waals surface area contributed by atoms with Crippen molar-refractivity contribution < 1.29 is 13.2 Å². The summed E-state index contributed by atoms with van der Waals surface area (Å²) in [6.07, 6.45) is 0.479. The zero-order chi connectivity index (χ0) is 19.7. The molecule has 4 rings (SSSR count). The molecule has 1 saturated heterocycles. The minimum absolute atomic E-state index is 0.106. The number of nitrogens with zero attached hydrogens (tertiary/aromatic N) is 4. The second-order valence-corrected chi connectivity index (χ2v) is 7.26. The number of fused-ring (bicyclic) bond motifs is 1. The maximum absolute atomic E-state index is 13.0. The first kappa shape index (κ1) is 18.7. The van der Waals surface area contributed by atoms with E-state index < -0.39 is 11.9 Å². The zero-order valence-corrected chi connectivity index (χ0v) is 15.6. The van der Waals surface area contributed by atoms with E-state index in [0.29, 0.717) is 5.82 Å². The van der Waals surface area contributed by atoms with Gasteiger partial charge in [-0.25, -0.2) is 9.97 Å². The van der Waals surface area contributed by atoms with Gasteiger partial charge in [0.25, 0.3) is 0 Å². The van der Waals surface area contributed by atoms with Gasteiger partial charge in [0.15, 0.2) is 0 Å². The fourth-order valence-electron chi connectivity index (χ4n) is 3.88. The van der Waals surface area contributed by atoms with Crippen LogP contribution >= 0.6 is 0 Å². The van der Waals surface area contributed by atoms with Crippen molar-refractivity contribution in [1.29, 1.82) is 0 Å². The first-order valence-corrected chi connectivity index (χ1v) is 9.31. The largest absolute Gasteiger partial charge is 0.433 e. The minimum atomic E-state index is -4.47. The number of nitrogens with one attached hydrogen (secondary N) is 1. The van der Waals surface area contributed by atoms with Gasteiger partial charge in [-0.1, -0.05) is 18.2 Å². The number of likely N-dealkylation sites (N-methyl/N-ethyl adjacent to an activating group) is 1. The number of piperidine rings is 1. The Hall–Kier alpha value is -2.61. The van der Waals surface area contributed by atoms with Gasteiger partial charge < -0.3 is 9.88 Å². The van der Waals surface area contributed by atoms with Crippen molar-refractivity contribution in [3.63, 3.8) is 0 Å². The lowest BCUT2D eigenvalue weighted by Gasteiger charge is -2.38. The lowest BCUT2D eigenvalue weighted by atomic mass is 10.0. The zero-order valence-electron chi connectivity index (χ0n) is 15.6. The highest BCUT2D eigenvalue weighted by atomic mass is 19.4. The molecule has 1 aliphatic rings. The second kappa shape index (κ2) is 7.43. The minimum Gasteiger partial charge on any atom is -0.361 e. The molecule has 1 unspecified atom stereocenters. The molecule has 0 aliphatic carbocycles. The number of hydrogen-bond donors (Lipinski definition) is 1. The molecule has 3 heterocycles. The number of halogens is 3. The number of alkyl halides is 3. The van der Waals surface area contributed by atoms with Gasteiger partial charge in [-0.2, -0.15) is 13.2 Å². The number of rotatable bonds is 4. The van der Waals surface area contributed by atoms with Crippen molar-refractivity contribution >= 4 is 16.7 Å². The fraction of sp³-hybridized carbons (Fsp3) is 0.400. The average Bonchev–Trinajstić information content (AvgIpc) is 3.10. The third-order valence-electron chi connectivity index (χ3n) is 5.40. The van der Waals surface area contributed by atoms with E-state index in [1.807, 2.05) is 30.3 Å². The van der Waals surface area contributed by atoms with Crippen LogP contribution in [0, 0.1) is 0 Å². The third kappa shape index (κ3) is 3.82. The highest BCUT2D eigenvalue weighted by Gasteiger charge is 2.34. The van der Waals surface area contributed by atoms with Crippen LogP contribution in [0.2, 0.25) is 0 Å². The van der Waals surface area contributed by atoms with Gasteiger partial charge >= 0.3 is 6.18 Å². The third-order valence-corrected chi connectivity index (χ3v) is 5.40. The molecule has 1 N–H and O–H groups in total. The predicted molar refractivity (Wildman–Crippen MR) is 102 cm³/mol. The summed E-state index contributed by atoms with van der Waals surface area (Å²) in [4.78, 5) is 14.9. The summed E-state index contributed by atoms with van der Waals surface area (Å²) < 4.78 is 38.9. The van der Waals surface area contributed by atoms with Crippen LogP contribution in [0.4, 0.5) is 19.0 Å². The Kier molecular flexibility index (Phi) is 4.97. The fourth-order valence-corrected chi connectivity index (χ4v) is 3.88. The number of para-hydroxylation sites is 1. The topological polar surface area (TPSA) is 48.1 Å². The van der Waals surface area contributed by atoms with E-state index in [0.717, 1.165) is 50.4 Å². The van der Waals surface area contributed by atoms with E-state index in [9.17, 15) is 13.2 Å². The van der Waals surface area contributed by atoms with E-state index in [-0.39, 0.29) is 6.04 Å². The molecule has 1 aliphatic heterocycles. The highest BCUT2D eigenvalue weighted by Crippen LogP contribution is 2.30. The predicted octanol–water partition coefficient (Wildman–Crippen LogP) is 4.08. The van der Waals surface area contributed by atoms with Gasteiger partial charge in [0.05, 0.1) is 0 Å². The van der Waals surface area contributed by atoms with E-state index in [1.165, 1.54) is 10.9 Å². The van der Waals surface area contributed by atoms with Gasteiger partial charge in [0.2, 0.25) is 0 Å². The number of benzene rings is 1. The molecule has 5 nitrogen and oxygen atoms in total. The number of aromatic amines is 1. The van der Waals surface area contributed by atoms with Crippen molar-refractivity contribution in [2.75, 3.05) is 25.0 Å². The van der Waals surface area contributed by atoms with Crippen LogP contribution < -0.4 is 4.90 Å². The molecule has 8 heteroatoms. The summed E-state index contributed by atoms with van der Waals surface area (Å²) >= 11 is 0. The molecular weight excluding hydrogens is 367 g/mol. The van der Waals surface area contributed by atoms with E-state index in [4.69, 9.17) is 0 Å². The first-order valence-electron chi connectivity index (χ1n) is 9.31. The highest BCUT2D eigenvalue weighted by molar-refractivity contribution is 5.82. The molecule has 1 fully saturated rings. The van der Waals surface area contributed by atoms with E-state index in [1.54, 1.807) is 0 Å². The van der Waals surface area contributed by atoms with Gasteiger partial charge in [0, 0.05) is 49.3 Å². The van der Waals surface area contributed by atoms with Gasteiger partial charge in [0.1, 0.15) is 17.8 Å². The number of H-pyrrole nitrogens is 1. The Labute approximate surface area is 161 Å². The van der Waals surface area contributed by atoms with Gasteiger partial charge in [-0.15, -0.1) is 0 Å². The Morgan fingerprint density at radius 2 is 2.07 bits per heavy atom. The second-order valence-electron chi connectivity index (χ2n) is 7.26. The molecule has 1 atom stereocenters. The molecule has 0 amide bonds. The van der Waals surface area contributed by atoms with Crippen molar-refractivity contribution in [1.82, 2.24) is 19.9 Å². The van der Waals surface area contributed by atoms with Gasteiger partial charge in [-0.3, -0.25) is 4.90 Å². The Balaban J connectivity index is 1.48. The molecule has 0 spiro atoms. The van der Waals surface area contributed by atoms with Crippen LogP contribution in [0.15, 0.2) is 42.9 Å². The molecule has 0 saturated carbocycles. The molecule has 148 valence electrons. The maximum atomic E-state index is 13.0. The Morgan fingerprint density at radius 1 is 1.25 bits per heavy atom. The molecule has 3 aromatic rings. The van der Waals surface area contributed by atoms with Crippen molar-refractivity contribution in [3.8, 4) is 0 Å². The number of aromatic nitrogens is 3. The van der Waals surface area contributed by atoms with Crippen LogP contribution in [0.3, 0.4) is 0 Å². The van der Waals surface area contributed by atoms with E-state index >= 15 is 0 Å². The normalized spacial score (nSPS) is 18.5. The first-order chi connectivity index (χ1) is 13.4. The van der Waals surface area contributed by atoms with Crippen molar-refractivity contribution in [3.05, 3.63) is 54.1 Å². The lowest BCUT2D eigenvalue weighted by Crippen LogP contribution is -2.46.